The number of aromatic nitrogens is 1. The monoisotopic (exact) mass is 457 g/mol. The minimum atomic E-state index is -0.142. The lowest BCUT2D eigenvalue weighted by molar-refractivity contribution is -0.116. The van der Waals surface area contributed by atoms with E-state index in [0.717, 1.165) is 11.1 Å². The molecule has 6 nitrogen and oxygen atoms in total. The lowest BCUT2D eigenvalue weighted by Crippen LogP contribution is -2.13. The summed E-state index contributed by atoms with van der Waals surface area (Å²) in [6.45, 7) is 1.89. The van der Waals surface area contributed by atoms with Crippen molar-refractivity contribution in [3.05, 3.63) is 95.0 Å². The van der Waals surface area contributed by atoms with Crippen LogP contribution in [0.3, 0.4) is 0 Å². The number of oxazole rings is 1. The van der Waals surface area contributed by atoms with E-state index in [9.17, 15) is 4.79 Å². The number of amides is 1. The molecule has 0 saturated heterocycles. The fourth-order valence-electron chi connectivity index (χ4n) is 3.22. The molecule has 0 radical (unpaired) electrons. The zero-order chi connectivity index (χ0) is 23.2. The summed E-state index contributed by atoms with van der Waals surface area (Å²) < 4.78 is 11.6. The molecule has 7 heteroatoms. The van der Waals surface area contributed by atoms with Gasteiger partial charge in [0, 0.05) is 24.1 Å². The fraction of sp³-hybridized carbons (Fsp3) is 0.115. The molecule has 33 heavy (non-hydrogen) atoms. The topological polar surface area (TPSA) is 88.1 Å². The smallest absolute Gasteiger partial charge is 0.224 e. The van der Waals surface area contributed by atoms with E-state index < -0.39 is 0 Å². The molecule has 164 valence electrons. The van der Waals surface area contributed by atoms with E-state index in [-0.39, 0.29) is 12.3 Å². The Kier molecular flexibility index (Phi) is 6.72. The summed E-state index contributed by atoms with van der Waals surface area (Å²) in [5, 5.41) is 12.4. The number of halogens is 1. The molecular weight excluding hydrogens is 438 g/mol. The van der Waals surface area contributed by atoms with Crippen LogP contribution < -0.4 is 10.1 Å². The van der Waals surface area contributed by atoms with Gasteiger partial charge in [-0.25, -0.2) is 4.98 Å². The van der Waals surface area contributed by atoms with Crippen molar-refractivity contribution in [2.45, 2.75) is 19.8 Å². The number of rotatable bonds is 7. The Balaban J connectivity index is 1.33. The minimum Gasteiger partial charge on any atom is -0.457 e. The van der Waals surface area contributed by atoms with Gasteiger partial charge < -0.3 is 14.5 Å². The van der Waals surface area contributed by atoms with Gasteiger partial charge in [-0.3, -0.25) is 4.79 Å². The second-order valence-electron chi connectivity index (χ2n) is 7.36. The molecule has 0 bridgehead atoms. The van der Waals surface area contributed by atoms with Crippen molar-refractivity contribution in [1.29, 1.82) is 5.26 Å². The first-order valence-corrected chi connectivity index (χ1v) is 10.7. The van der Waals surface area contributed by atoms with Gasteiger partial charge in [0.2, 0.25) is 5.91 Å². The quantitative estimate of drug-likeness (QED) is 0.340. The van der Waals surface area contributed by atoms with Gasteiger partial charge in [-0.2, -0.15) is 5.26 Å². The highest BCUT2D eigenvalue weighted by Crippen LogP contribution is 2.29. The molecule has 0 aliphatic rings. The largest absolute Gasteiger partial charge is 0.457 e. The number of hydrogen-bond acceptors (Lipinski definition) is 5. The number of nitrogens with one attached hydrogen (secondary N) is 1. The molecule has 1 amide bonds. The number of benzene rings is 3. The van der Waals surface area contributed by atoms with Gasteiger partial charge >= 0.3 is 0 Å². The highest BCUT2D eigenvalue weighted by molar-refractivity contribution is 6.33. The number of anilines is 1. The maximum absolute atomic E-state index is 12.4. The predicted octanol–water partition coefficient (Wildman–Crippen LogP) is 6.54. The summed E-state index contributed by atoms with van der Waals surface area (Å²) in [5.74, 6) is 2.18. The van der Waals surface area contributed by atoms with Gasteiger partial charge in [-0.15, -0.1) is 0 Å². The van der Waals surface area contributed by atoms with Crippen LogP contribution in [0.5, 0.6) is 11.5 Å². The Morgan fingerprint density at radius 1 is 1.12 bits per heavy atom. The average Bonchev–Trinajstić information content (AvgIpc) is 3.29. The molecule has 0 spiro atoms. The standard InChI is InChI=1S/C26H20ClN3O3/c1-17-14-20(32-19-8-6-18(15-28)7-9-19)10-11-23(17)30-25(31)12-13-26-29-16-24(33-26)21-4-2-3-5-22(21)27/h2-11,14,16H,12-13H2,1H3,(H,30,31). The van der Waals surface area contributed by atoms with Crippen LogP contribution in [0.2, 0.25) is 5.02 Å². The molecule has 0 aliphatic carbocycles. The molecule has 3 aromatic carbocycles. The number of ether oxygens (including phenoxy) is 1. The average molecular weight is 458 g/mol. The van der Waals surface area contributed by atoms with Crippen LogP contribution in [0, 0.1) is 18.3 Å². The van der Waals surface area contributed by atoms with E-state index in [1.807, 2.05) is 31.2 Å². The highest BCUT2D eigenvalue weighted by Gasteiger charge is 2.12. The van der Waals surface area contributed by atoms with Crippen LogP contribution in [0.25, 0.3) is 11.3 Å². The van der Waals surface area contributed by atoms with E-state index >= 15 is 0 Å². The summed E-state index contributed by atoms with van der Waals surface area (Å²) in [5.41, 5.74) is 2.91. The molecule has 0 aliphatic heterocycles. The SMILES string of the molecule is Cc1cc(Oc2ccc(C#N)cc2)ccc1NC(=O)CCc1ncc(-c2ccccc2Cl)o1. The Morgan fingerprint density at radius 3 is 2.61 bits per heavy atom. The van der Waals surface area contributed by atoms with Crippen molar-refractivity contribution < 1.29 is 13.9 Å². The van der Waals surface area contributed by atoms with E-state index in [4.69, 9.17) is 26.0 Å². The van der Waals surface area contributed by atoms with Crippen LogP contribution in [0.15, 0.2) is 77.3 Å². The maximum atomic E-state index is 12.4. The normalized spacial score (nSPS) is 10.5. The Labute approximate surface area is 196 Å². The van der Waals surface area contributed by atoms with Gasteiger partial charge in [0.15, 0.2) is 11.7 Å². The van der Waals surface area contributed by atoms with Crippen LogP contribution in [0.1, 0.15) is 23.4 Å². The van der Waals surface area contributed by atoms with Crippen molar-refractivity contribution in [2.24, 2.45) is 0 Å². The molecule has 0 fully saturated rings. The third-order valence-electron chi connectivity index (χ3n) is 4.95. The highest BCUT2D eigenvalue weighted by atomic mass is 35.5. The van der Waals surface area contributed by atoms with Crippen molar-refractivity contribution in [3.8, 4) is 28.9 Å². The third kappa shape index (κ3) is 5.59. The van der Waals surface area contributed by atoms with Crippen LogP contribution in [0.4, 0.5) is 5.69 Å². The maximum Gasteiger partial charge on any atom is 0.224 e. The van der Waals surface area contributed by atoms with Crippen LogP contribution in [-0.4, -0.2) is 10.9 Å². The Morgan fingerprint density at radius 2 is 1.88 bits per heavy atom. The van der Waals surface area contributed by atoms with Gasteiger partial charge in [0.1, 0.15) is 11.5 Å². The summed E-state index contributed by atoms with van der Waals surface area (Å²) in [7, 11) is 0. The molecule has 0 atom stereocenters. The van der Waals surface area contributed by atoms with E-state index in [1.165, 1.54) is 0 Å². The number of nitrogens with zero attached hydrogens (tertiary/aromatic N) is 2. The fourth-order valence-corrected chi connectivity index (χ4v) is 3.45. The molecule has 1 aromatic heterocycles. The minimum absolute atomic E-state index is 0.142. The van der Waals surface area contributed by atoms with Gasteiger partial charge in [0.25, 0.3) is 0 Å². The lowest BCUT2D eigenvalue weighted by atomic mass is 10.1. The Hall–Kier alpha value is -4.08. The van der Waals surface area contributed by atoms with Gasteiger partial charge in [-0.1, -0.05) is 23.7 Å². The molecular formula is C26H20ClN3O3. The first-order chi connectivity index (χ1) is 16.0. The number of aryl methyl sites for hydroxylation is 2. The second kappa shape index (κ2) is 10.0. The zero-order valence-electron chi connectivity index (χ0n) is 17.8. The van der Waals surface area contributed by atoms with Crippen molar-refractivity contribution in [2.75, 3.05) is 5.32 Å². The summed E-state index contributed by atoms with van der Waals surface area (Å²) >= 11 is 6.20. The molecule has 0 saturated carbocycles. The molecule has 1 N–H and O–H groups in total. The summed E-state index contributed by atoms with van der Waals surface area (Å²) in [6.07, 6.45) is 2.21. The van der Waals surface area contributed by atoms with Crippen molar-refractivity contribution >= 4 is 23.2 Å². The van der Waals surface area contributed by atoms with Gasteiger partial charge in [0.05, 0.1) is 22.9 Å². The Bertz CT molecular complexity index is 1320. The summed E-state index contributed by atoms with van der Waals surface area (Å²) in [4.78, 5) is 16.7. The third-order valence-corrected chi connectivity index (χ3v) is 5.28. The van der Waals surface area contributed by atoms with Crippen LogP contribution >= 0.6 is 11.6 Å². The lowest BCUT2D eigenvalue weighted by Gasteiger charge is -2.11. The first-order valence-electron chi connectivity index (χ1n) is 10.3. The molecule has 4 aromatic rings. The number of nitriles is 1. The first kappa shape index (κ1) is 22.1. The molecule has 4 rings (SSSR count). The summed E-state index contributed by atoms with van der Waals surface area (Å²) in [6, 6.07) is 21.7. The number of carbonyl (C=O) groups is 1. The van der Waals surface area contributed by atoms with Crippen LogP contribution in [-0.2, 0) is 11.2 Å². The number of hydrogen-bond donors (Lipinski definition) is 1. The predicted molar refractivity (Wildman–Crippen MR) is 126 cm³/mol. The zero-order valence-corrected chi connectivity index (χ0v) is 18.6. The second-order valence-corrected chi connectivity index (χ2v) is 7.77. The van der Waals surface area contributed by atoms with Crippen molar-refractivity contribution in [3.63, 3.8) is 0 Å². The molecule has 1 heterocycles. The van der Waals surface area contributed by atoms with E-state index in [0.29, 0.717) is 45.8 Å². The molecule has 0 unspecified atom stereocenters. The van der Waals surface area contributed by atoms with Crippen molar-refractivity contribution in [1.82, 2.24) is 4.98 Å². The van der Waals surface area contributed by atoms with Gasteiger partial charge in [-0.05, 0) is 67.1 Å². The van der Waals surface area contributed by atoms with E-state index in [1.54, 1.807) is 48.7 Å². The number of carbonyl (C=O) groups excluding carboxylic acids is 1. The van der Waals surface area contributed by atoms with E-state index in [2.05, 4.69) is 16.4 Å².